The Morgan fingerprint density at radius 2 is 1.75 bits per heavy atom. The summed E-state index contributed by atoms with van der Waals surface area (Å²) < 4.78 is 13.3. The number of hydrogen-bond acceptors (Lipinski definition) is 4. The van der Waals surface area contributed by atoms with Crippen LogP contribution in [0.5, 0.6) is 0 Å². The summed E-state index contributed by atoms with van der Waals surface area (Å²) in [5.41, 5.74) is 9.70. The number of benzene rings is 1. The van der Waals surface area contributed by atoms with E-state index in [4.69, 9.17) is 5.73 Å². The van der Waals surface area contributed by atoms with Gasteiger partial charge in [-0.1, -0.05) is 0 Å². The zero-order valence-electron chi connectivity index (χ0n) is 12.1. The number of halogens is 1. The standard InChI is InChI=1S/C15H18FN3S/c1-8-10(3)18-15(19-11(8)4)20-14-6-5-12(16)7-13(14)9(2)17/h5-7,9H,17H2,1-4H3/t9-/m1/s1. The topological polar surface area (TPSA) is 51.8 Å². The van der Waals surface area contributed by atoms with E-state index >= 15 is 0 Å². The molecule has 1 heterocycles. The predicted molar refractivity (Wildman–Crippen MR) is 79.4 cm³/mol. The average Bonchev–Trinajstić information content (AvgIpc) is 2.37. The molecule has 0 unspecified atom stereocenters. The van der Waals surface area contributed by atoms with Gasteiger partial charge in [0, 0.05) is 22.3 Å². The highest BCUT2D eigenvalue weighted by atomic mass is 32.2. The Morgan fingerprint density at radius 1 is 1.15 bits per heavy atom. The number of aromatic nitrogens is 2. The second kappa shape index (κ2) is 5.89. The van der Waals surface area contributed by atoms with Crippen LogP contribution in [0.3, 0.4) is 0 Å². The number of nitrogens with zero attached hydrogens (tertiary/aromatic N) is 2. The third-order valence-electron chi connectivity index (χ3n) is 3.28. The molecule has 106 valence electrons. The maximum atomic E-state index is 13.3. The van der Waals surface area contributed by atoms with E-state index in [9.17, 15) is 4.39 Å². The highest BCUT2D eigenvalue weighted by molar-refractivity contribution is 7.99. The lowest BCUT2D eigenvalue weighted by Gasteiger charge is -2.13. The summed E-state index contributed by atoms with van der Waals surface area (Å²) in [7, 11) is 0. The third kappa shape index (κ3) is 3.16. The Balaban J connectivity index is 2.40. The minimum absolute atomic E-state index is 0.235. The fourth-order valence-corrected chi connectivity index (χ4v) is 2.91. The van der Waals surface area contributed by atoms with Crippen molar-refractivity contribution in [2.45, 2.75) is 43.8 Å². The summed E-state index contributed by atoms with van der Waals surface area (Å²) in [6, 6.07) is 4.40. The van der Waals surface area contributed by atoms with Gasteiger partial charge in [0.15, 0.2) is 5.16 Å². The van der Waals surface area contributed by atoms with Crippen molar-refractivity contribution < 1.29 is 4.39 Å². The second-order valence-electron chi connectivity index (χ2n) is 4.87. The molecule has 0 saturated heterocycles. The number of hydrogen-bond donors (Lipinski definition) is 1. The fourth-order valence-electron chi connectivity index (χ4n) is 1.85. The van der Waals surface area contributed by atoms with E-state index in [1.54, 1.807) is 6.07 Å². The summed E-state index contributed by atoms with van der Waals surface area (Å²) in [6.45, 7) is 7.77. The van der Waals surface area contributed by atoms with Crippen LogP contribution in [-0.2, 0) is 0 Å². The van der Waals surface area contributed by atoms with Gasteiger partial charge >= 0.3 is 0 Å². The van der Waals surface area contributed by atoms with Crippen LogP contribution in [0.2, 0.25) is 0 Å². The van der Waals surface area contributed by atoms with Gasteiger partial charge in [-0.05, 0) is 68.8 Å². The maximum Gasteiger partial charge on any atom is 0.192 e. The summed E-state index contributed by atoms with van der Waals surface area (Å²) >= 11 is 1.42. The Hall–Kier alpha value is -1.46. The molecule has 0 fully saturated rings. The third-order valence-corrected chi connectivity index (χ3v) is 4.23. The first-order valence-electron chi connectivity index (χ1n) is 6.43. The molecule has 1 atom stereocenters. The second-order valence-corrected chi connectivity index (χ2v) is 5.88. The van der Waals surface area contributed by atoms with Crippen LogP contribution >= 0.6 is 11.8 Å². The number of rotatable bonds is 3. The molecule has 0 spiro atoms. The Bertz CT molecular complexity index is 618. The summed E-state index contributed by atoms with van der Waals surface area (Å²) in [5.74, 6) is -0.279. The van der Waals surface area contributed by atoms with E-state index < -0.39 is 0 Å². The van der Waals surface area contributed by atoms with Gasteiger partial charge in [0.2, 0.25) is 0 Å². The van der Waals surface area contributed by atoms with Crippen molar-refractivity contribution in [3.8, 4) is 0 Å². The first-order valence-corrected chi connectivity index (χ1v) is 7.25. The lowest BCUT2D eigenvalue weighted by Crippen LogP contribution is -2.07. The Kier molecular flexibility index (Phi) is 4.40. The summed E-state index contributed by atoms with van der Waals surface area (Å²) in [6.07, 6.45) is 0. The van der Waals surface area contributed by atoms with Crippen molar-refractivity contribution in [3.05, 3.63) is 46.5 Å². The van der Waals surface area contributed by atoms with Gasteiger partial charge in [0.25, 0.3) is 0 Å². The van der Waals surface area contributed by atoms with Crippen molar-refractivity contribution in [3.63, 3.8) is 0 Å². The molecule has 2 rings (SSSR count). The smallest absolute Gasteiger partial charge is 0.192 e. The Morgan fingerprint density at radius 3 is 2.30 bits per heavy atom. The number of nitrogens with two attached hydrogens (primary N) is 1. The average molecular weight is 291 g/mol. The summed E-state index contributed by atoms with van der Waals surface area (Å²) in [4.78, 5) is 9.83. The predicted octanol–water partition coefficient (Wildman–Crippen LogP) is 3.71. The van der Waals surface area contributed by atoms with Gasteiger partial charge in [-0.3, -0.25) is 0 Å². The van der Waals surface area contributed by atoms with E-state index in [0.29, 0.717) is 5.16 Å². The lowest BCUT2D eigenvalue weighted by molar-refractivity contribution is 0.619. The molecular weight excluding hydrogens is 273 g/mol. The first kappa shape index (κ1) is 14.9. The monoisotopic (exact) mass is 291 g/mol. The fraction of sp³-hybridized carbons (Fsp3) is 0.333. The van der Waals surface area contributed by atoms with Crippen LogP contribution in [0.15, 0.2) is 28.3 Å². The maximum absolute atomic E-state index is 13.3. The molecule has 5 heteroatoms. The van der Waals surface area contributed by atoms with Crippen LogP contribution in [0.25, 0.3) is 0 Å². The van der Waals surface area contributed by atoms with Crippen LogP contribution in [0.4, 0.5) is 4.39 Å². The normalized spacial score (nSPS) is 12.5. The summed E-state index contributed by atoms with van der Waals surface area (Å²) in [5, 5.41) is 0.666. The van der Waals surface area contributed by atoms with Crippen molar-refractivity contribution in [2.24, 2.45) is 5.73 Å². The molecule has 1 aromatic carbocycles. The Labute approximate surface area is 122 Å². The van der Waals surface area contributed by atoms with Gasteiger partial charge in [0.05, 0.1) is 0 Å². The van der Waals surface area contributed by atoms with E-state index in [-0.39, 0.29) is 11.9 Å². The molecule has 0 aliphatic heterocycles. The molecule has 2 aromatic rings. The van der Waals surface area contributed by atoms with Crippen LogP contribution in [0.1, 0.15) is 35.5 Å². The molecule has 0 aliphatic carbocycles. The molecule has 0 saturated carbocycles. The van der Waals surface area contributed by atoms with E-state index in [1.807, 2.05) is 27.7 Å². The van der Waals surface area contributed by atoms with Crippen LogP contribution in [-0.4, -0.2) is 9.97 Å². The lowest BCUT2D eigenvalue weighted by atomic mass is 10.1. The van der Waals surface area contributed by atoms with Gasteiger partial charge in [-0.15, -0.1) is 0 Å². The number of aryl methyl sites for hydroxylation is 2. The SMILES string of the molecule is Cc1nc(Sc2ccc(F)cc2[C@@H](C)N)nc(C)c1C. The molecule has 0 bridgehead atoms. The van der Waals surface area contributed by atoms with Crippen LogP contribution in [0, 0.1) is 26.6 Å². The van der Waals surface area contributed by atoms with Crippen molar-refractivity contribution in [1.29, 1.82) is 0 Å². The van der Waals surface area contributed by atoms with E-state index in [2.05, 4.69) is 9.97 Å². The van der Waals surface area contributed by atoms with Crippen molar-refractivity contribution in [1.82, 2.24) is 9.97 Å². The molecular formula is C15H18FN3S. The molecule has 1 aromatic heterocycles. The largest absolute Gasteiger partial charge is 0.324 e. The quantitative estimate of drug-likeness (QED) is 0.876. The highest BCUT2D eigenvalue weighted by Gasteiger charge is 2.12. The molecule has 3 nitrogen and oxygen atoms in total. The molecule has 0 aliphatic rings. The highest BCUT2D eigenvalue weighted by Crippen LogP contribution is 2.32. The van der Waals surface area contributed by atoms with Crippen molar-refractivity contribution >= 4 is 11.8 Å². The van der Waals surface area contributed by atoms with Gasteiger partial charge in [0.1, 0.15) is 5.82 Å². The van der Waals surface area contributed by atoms with Gasteiger partial charge in [-0.2, -0.15) is 0 Å². The molecule has 20 heavy (non-hydrogen) atoms. The molecule has 0 amide bonds. The van der Waals surface area contributed by atoms with E-state index in [1.165, 1.54) is 23.9 Å². The molecule has 0 radical (unpaired) electrons. The van der Waals surface area contributed by atoms with E-state index in [0.717, 1.165) is 27.4 Å². The van der Waals surface area contributed by atoms with Crippen molar-refractivity contribution in [2.75, 3.05) is 0 Å². The zero-order valence-corrected chi connectivity index (χ0v) is 12.9. The van der Waals surface area contributed by atoms with Crippen LogP contribution < -0.4 is 5.73 Å². The van der Waals surface area contributed by atoms with Gasteiger partial charge < -0.3 is 5.73 Å². The molecule has 2 N–H and O–H groups in total. The minimum atomic E-state index is -0.279. The zero-order chi connectivity index (χ0) is 14.9. The first-order chi connectivity index (χ1) is 9.38. The van der Waals surface area contributed by atoms with Gasteiger partial charge in [-0.25, -0.2) is 14.4 Å². The minimum Gasteiger partial charge on any atom is -0.324 e.